The Balaban J connectivity index is 0.000000500. The Hall–Kier alpha value is -1.77. The van der Waals surface area contributed by atoms with Crippen LogP contribution >= 0.6 is 0 Å². The molecular weight excluding hydrogens is 337 g/mol. The van der Waals surface area contributed by atoms with E-state index in [1.54, 1.807) is 0 Å². The van der Waals surface area contributed by atoms with Gasteiger partial charge in [-0.05, 0) is 63.8 Å². The maximum Gasteiger partial charge on any atom is 0.0904 e. The van der Waals surface area contributed by atoms with Gasteiger partial charge in [0.05, 0.1) is 28.6 Å². The van der Waals surface area contributed by atoms with E-state index in [1.165, 1.54) is 65.3 Å². The summed E-state index contributed by atoms with van der Waals surface area (Å²) in [5, 5.41) is 0. The Bertz CT molecular complexity index is 693. The van der Waals surface area contributed by atoms with Gasteiger partial charge in [-0.25, -0.2) is 0 Å². The average molecular weight is 374 g/mol. The molecule has 0 aliphatic carbocycles. The second-order valence-corrected chi connectivity index (χ2v) is 8.52. The van der Waals surface area contributed by atoms with Crippen molar-refractivity contribution < 1.29 is 0 Å². The van der Waals surface area contributed by atoms with E-state index in [-0.39, 0.29) is 0 Å². The molecule has 2 aromatic carbocycles. The minimum absolute atomic E-state index is 0.982. The van der Waals surface area contributed by atoms with Crippen molar-refractivity contribution in [2.45, 2.75) is 54.8 Å². The molecule has 0 saturated carbocycles. The molecule has 0 unspecified atom stereocenters. The monoisotopic (exact) mass is 374 g/mol. The SMILES string of the molecule is BBBCC.Cc1cc(C)c(N2CCN(c3c(C)cc(C)cc3C)C2)c(C)c1. The maximum absolute atomic E-state index is 2.53. The smallest absolute Gasteiger partial charge is 0.0904 e. The van der Waals surface area contributed by atoms with E-state index < -0.39 is 0 Å². The summed E-state index contributed by atoms with van der Waals surface area (Å²) in [5.74, 6) is 0. The molecule has 1 aliphatic heterocycles. The van der Waals surface area contributed by atoms with Gasteiger partial charge in [-0.3, -0.25) is 0 Å². The average Bonchev–Trinajstić information content (AvgIpc) is 3.03. The van der Waals surface area contributed by atoms with Gasteiger partial charge in [-0.2, -0.15) is 0 Å². The van der Waals surface area contributed by atoms with Gasteiger partial charge in [0.15, 0.2) is 0 Å². The van der Waals surface area contributed by atoms with Gasteiger partial charge >= 0.3 is 0 Å². The Kier molecular flexibility index (Phi) is 8.16. The Morgan fingerprint density at radius 3 is 1.36 bits per heavy atom. The first-order valence-electron chi connectivity index (χ1n) is 10.9. The highest BCUT2D eigenvalue weighted by Crippen LogP contribution is 2.32. The molecule has 1 saturated heterocycles. The molecular formula is C23H37B3N2. The van der Waals surface area contributed by atoms with Crippen LogP contribution in [0.1, 0.15) is 40.3 Å². The fourth-order valence-corrected chi connectivity index (χ4v) is 4.65. The predicted molar refractivity (Wildman–Crippen MR) is 134 cm³/mol. The third kappa shape index (κ3) is 5.40. The van der Waals surface area contributed by atoms with Gasteiger partial charge < -0.3 is 9.80 Å². The molecule has 5 heteroatoms. The third-order valence-corrected chi connectivity index (χ3v) is 5.59. The fraction of sp³-hybridized carbons (Fsp3) is 0.478. The summed E-state index contributed by atoms with van der Waals surface area (Å²) in [6.07, 6.45) is 1.34. The lowest BCUT2D eigenvalue weighted by molar-refractivity contribution is 0.930. The van der Waals surface area contributed by atoms with E-state index in [4.69, 9.17) is 0 Å². The zero-order valence-electron chi connectivity index (χ0n) is 19.4. The van der Waals surface area contributed by atoms with Crippen molar-refractivity contribution in [3.63, 3.8) is 0 Å². The largest absolute Gasteiger partial charge is 0.352 e. The van der Waals surface area contributed by atoms with Crippen LogP contribution in [-0.2, 0) is 0 Å². The number of hydrogen-bond donors (Lipinski definition) is 0. The summed E-state index contributed by atoms with van der Waals surface area (Å²) in [5.41, 5.74) is 11.1. The van der Waals surface area contributed by atoms with E-state index in [1.807, 2.05) is 0 Å². The second-order valence-electron chi connectivity index (χ2n) is 8.52. The first-order chi connectivity index (χ1) is 13.3. The number of anilines is 2. The van der Waals surface area contributed by atoms with Gasteiger partial charge in [0.1, 0.15) is 0 Å². The van der Waals surface area contributed by atoms with Gasteiger partial charge in [0, 0.05) is 24.5 Å². The lowest BCUT2D eigenvalue weighted by Crippen LogP contribution is -2.27. The van der Waals surface area contributed by atoms with Gasteiger partial charge in [0.2, 0.25) is 0 Å². The van der Waals surface area contributed by atoms with Crippen molar-refractivity contribution in [2.24, 2.45) is 0 Å². The van der Waals surface area contributed by atoms with Crippen LogP contribution in [0.5, 0.6) is 0 Å². The molecule has 0 bridgehead atoms. The van der Waals surface area contributed by atoms with Crippen molar-refractivity contribution in [3.8, 4) is 0 Å². The Labute approximate surface area is 175 Å². The quantitative estimate of drug-likeness (QED) is 0.756. The van der Waals surface area contributed by atoms with E-state index in [9.17, 15) is 0 Å². The van der Waals surface area contributed by atoms with Crippen LogP contribution in [0, 0.1) is 41.5 Å². The molecule has 1 heterocycles. The molecule has 0 spiro atoms. The number of aryl methyl sites for hydroxylation is 6. The minimum atomic E-state index is 0.982. The molecule has 0 amide bonds. The molecule has 0 aromatic heterocycles. The lowest BCUT2D eigenvalue weighted by Gasteiger charge is -2.26. The van der Waals surface area contributed by atoms with Crippen LogP contribution in [0.3, 0.4) is 0 Å². The molecule has 148 valence electrons. The summed E-state index contributed by atoms with van der Waals surface area (Å²) < 4.78 is 0. The van der Waals surface area contributed by atoms with Crippen molar-refractivity contribution in [1.29, 1.82) is 0 Å². The van der Waals surface area contributed by atoms with Crippen LogP contribution in [-0.4, -0.2) is 41.7 Å². The van der Waals surface area contributed by atoms with Gasteiger partial charge in [-0.15, -0.1) is 0 Å². The molecule has 3 rings (SSSR count). The number of nitrogens with zero attached hydrogens (tertiary/aromatic N) is 2. The summed E-state index contributed by atoms with van der Waals surface area (Å²) >= 11 is 0. The summed E-state index contributed by atoms with van der Waals surface area (Å²) in [4.78, 5) is 5.06. The second kappa shape index (κ2) is 10.1. The molecule has 0 radical (unpaired) electrons. The number of rotatable bonds is 4. The van der Waals surface area contributed by atoms with Crippen LogP contribution < -0.4 is 9.80 Å². The zero-order chi connectivity index (χ0) is 20.8. The van der Waals surface area contributed by atoms with E-state index in [0.29, 0.717) is 0 Å². The molecule has 2 nitrogen and oxygen atoms in total. The van der Waals surface area contributed by atoms with E-state index >= 15 is 0 Å². The van der Waals surface area contributed by atoms with Gasteiger partial charge in [0.25, 0.3) is 0 Å². The summed E-state index contributed by atoms with van der Waals surface area (Å²) in [6, 6.07) is 9.20. The standard InChI is InChI=1S/C21H28N2.C2H9B3/c1-14-9-16(3)20(17(4)10-14)22-7-8-23(13-22)21-18(5)11-15(2)12-19(21)6;1-2-4-5-3/h9-12H,7-8,13H2,1-6H3;4-5H,2-3H2,1H3. The number of hydrogen-bond acceptors (Lipinski definition) is 2. The van der Waals surface area contributed by atoms with E-state index in [0.717, 1.165) is 19.8 Å². The van der Waals surface area contributed by atoms with Crippen molar-refractivity contribution in [1.82, 2.24) is 0 Å². The van der Waals surface area contributed by atoms with Crippen LogP contribution in [0.15, 0.2) is 24.3 Å². The predicted octanol–water partition coefficient (Wildman–Crippen LogP) is 3.58. The Morgan fingerprint density at radius 2 is 1.11 bits per heavy atom. The maximum atomic E-state index is 2.53. The first-order valence-corrected chi connectivity index (χ1v) is 10.9. The molecule has 0 atom stereocenters. The van der Waals surface area contributed by atoms with Crippen LogP contribution in [0.25, 0.3) is 0 Å². The highest BCUT2D eigenvalue weighted by atomic mass is 15.4. The van der Waals surface area contributed by atoms with Crippen molar-refractivity contribution >= 4 is 33.3 Å². The van der Waals surface area contributed by atoms with E-state index in [2.05, 4.69) is 90.3 Å². The highest BCUT2D eigenvalue weighted by Gasteiger charge is 2.24. The molecule has 0 N–H and O–H groups in total. The van der Waals surface area contributed by atoms with Crippen LogP contribution in [0.2, 0.25) is 6.32 Å². The molecule has 28 heavy (non-hydrogen) atoms. The first kappa shape index (κ1) is 22.5. The van der Waals surface area contributed by atoms with Crippen molar-refractivity contribution in [3.05, 3.63) is 57.6 Å². The topological polar surface area (TPSA) is 6.48 Å². The molecule has 2 aromatic rings. The van der Waals surface area contributed by atoms with Crippen LogP contribution in [0.4, 0.5) is 11.4 Å². The molecule has 1 fully saturated rings. The summed E-state index contributed by atoms with van der Waals surface area (Å²) in [6.45, 7) is 18.7. The zero-order valence-corrected chi connectivity index (χ0v) is 19.4. The summed E-state index contributed by atoms with van der Waals surface area (Å²) in [7, 11) is 4.94. The van der Waals surface area contributed by atoms with Crippen molar-refractivity contribution in [2.75, 3.05) is 29.6 Å². The molecule has 1 aliphatic rings. The lowest BCUT2D eigenvalue weighted by atomic mass is 9.27. The minimum Gasteiger partial charge on any atom is -0.352 e. The third-order valence-electron chi connectivity index (χ3n) is 5.59. The normalized spacial score (nSPS) is 13.2. The van der Waals surface area contributed by atoms with Gasteiger partial charge in [-0.1, -0.05) is 48.6 Å². The number of benzene rings is 2. The highest BCUT2D eigenvalue weighted by molar-refractivity contribution is 7.23. The fourth-order valence-electron chi connectivity index (χ4n) is 4.65. The Morgan fingerprint density at radius 1 is 0.750 bits per heavy atom.